The van der Waals surface area contributed by atoms with E-state index in [2.05, 4.69) is 4.72 Å². The quantitative estimate of drug-likeness (QED) is 0.865. The molecule has 20 heavy (non-hydrogen) atoms. The molecule has 0 aliphatic carbocycles. The smallest absolute Gasteiger partial charge is 0.242 e. The highest BCUT2D eigenvalue weighted by atomic mass is 35.5. The number of nitrogens with one attached hydrogen (secondary N) is 1. The molecule has 112 valence electrons. The van der Waals surface area contributed by atoms with Crippen LogP contribution in [0, 0.1) is 0 Å². The molecule has 0 aromatic heterocycles. The highest BCUT2D eigenvalue weighted by Crippen LogP contribution is 2.22. The number of halogens is 1. The average Bonchev–Trinajstić information content (AvgIpc) is 2.47. The van der Waals surface area contributed by atoms with E-state index in [0.29, 0.717) is 6.61 Å². The summed E-state index contributed by atoms with van der Waals surface area (Å²) < 4.78 is 32.6. The number of rotatable bonds is 5. The van der Waals surface area contributed by atoms with Crippen LogP contribution in [0.15, 0.2) is 23.1 Å². The van der Waals surface area contributed by atoms with Crippen molar-refractivity contribution < 1.29 is 13.2 Å². The topological polar surface area (TPSA) is 81.4 Å². The van der Waals surface area contributed by atoms with Gasteiger partial charge in [0.1, 0.15) is 4.90 Å². The van der Waals surface area contributed by atoms with Gasteiger partial charge >= 0.3 is 0 Å². The molecule has 1 aromatic rings. The lowest BCUT2D eigenvalue weighted by Gasteiger charge is -2.22. The van der Waals surface area contributed by atoms with E-state index in [1.807, 2.05) is 0 Å². The van der Waals surface area contributed by atoms with Crippen LogP contribution in [0.25, 0.3) is 0 Å². The molecule has 1 aromatic carbocycles. The third kappa shape index (κ3) is 3.93. The van der Waals surface area contributed by atoms with Crippen molar-refractivity contribution in [1.82, 2.24) is 4.72 Å². The van der Waals surface area contributed by atoms with Gasteiger partial charge in [0.25, 0.3) is 0 Å². The molecule has 1 saturated heterocycles. The van der Waals surface area contributed by atoms with Crippen molar-refractivity contribution >= 4 is 21.6 Å². The van der Waals surface area contributed by atoms with Gasteiger partial charge in [-0.05, 0) is 37.0 Å². The summed E-state index contributed by atoms with van der Waals surface area (Å²) in [5.41, 5.74) is 6.25. The Balaban J connectivity index is 2.09. The minimum absolute atomic E-state index is 0.0602. The molecule has 0 radical (unpaired) electrons. The molecule has 1 unspecified atom stereocenters. The van der Waals surface area contributed by atoms with Crippen LogP contribution in [0.5, 0.6) is 0 Å². The molecule has 7 heteroatoms. The second-order valence-electron chi connectivity index (χ2n) is 4.81. The van der Waals surface area contributed by atoms with Crippen LogP contribution in [0.3, 0.4) is 0 Å². The fourth-order valence-electron chi connectivity index (χ4n) is 2.13. The molecule has 1 atom stereocenters. The minimum Gasteiger partial charge on any atom is -0.377 e. The Bertz CT molecular complexity index is 557. The SMILES string of the molecule is NCc1ccc(Cl)c(S(=O)(=O)NCC2CCCCO2)c1. The monoisotopic (exact) mass is 318 g/mol. The molecule has 1 aliphatic heterocycles. The van der Waals surface area contributed by atoms with Gasteiger partial charge in [0.05, 0.1) is 11.1 Å². The van der Waals surface area contributed by atoms with Crippen LogP contribution in [-0.4, -0.2) is 27.7 Å². The van der Waals surface area contributed by atoms with Crippen molar-refractivity contribution in [1.29, 1.82) is 0 Å². The summed E-state index contributed by atoms with van der Waals surface area (Å²) in [6.45, 7) is 1.23. The maximum atomic E-state index is 12.3. The van der Waals surface area contributed by atoms with Gasteiger partial charge in [-0.2, -0.15) is 0 Å². The van der Waals surface area contributed by atoms with E-state index in [9.17, 15) is 8.42 Å². The summed E-state index contributed by atoms with van der Waals surface area (Å²) in [7, 11) is -3.64. The molecule has 2 rings (SSSR count). The zero-order chi connectivity index (χ0) is 14.6. The van der Waals surface area contributed by atoms with Gasteiger partial charge in [-0.25, -0.2) is 13.1 Å². The number of sulfonamides is 1. The van der Waals surface area contributed by atoms with E-state index >= 15 is 0 Å². The van der Waals surface area contributed by atoms with Crippen LogP contribution in [-0.2, 0) is 21.3 Å². The largest absolute Gasteiger partial charge is 0.377 e. The van der Waals surface area contributed by atoms with E-state index in [1.165, 1.54) is 6.07 Å². The van der Waals surface area contributed by atoms with Gasteiger partial charge in [-0.3, -0.25) is 0 Å². The lowest BCUT2D eigenvalue weighted by Crippen LogP contribution is -2.35. The van der Waals surface area contributed by atoms with E-state index in [-0.39, 0.29) is 29.1 Å². The third-order valence-corrected chi connectivity index (χ3v) is 5.20. The molecule has 5 nitrogen and oxygen atoms in total. The fraction of sp³-hybridized carbons (Fsp3) is 0.538. The fourth-order valence-corrected chi connectivity index (χ4v) is 3.74. The number of hydrogen-bond donors (Lipinski definition) is 2. The zero-order valence-electron chi connectivity index (χ0n) is 11.1. The zero-order valence-corrected chi connectivity index (χ0v) is 12.7. The summed E-state index contributed by atoms with van der Waals surface area (Å²) in [6.07, 6.45) is 2.91. The van der Waals surface area contributed by atoms with E-state index in [4.69, 9.17) is 22.1 Å². The molecule has 1 heterocycles. The normalized spacial score (nSPS) is 20.0. The second kappa shape index (κ2) is 6.87. The van der Waals surface area contributed by atoms with Crippen molar-refractivity contribution in [2.75, 3.05) is 13.2 Å². The summed E-state index contributed by atoms with van der Waals surface area (Å²) >= 11 is 5.97. The van der Waals surface area contributed by atoms with E-state index < -0.39 is 10.0 Å². The number of nitrogens with two attached hydrogens (primary N) is 1. The van der Waals surface area contributed by atoms with Gasteiger partial charge in [0, 0.05) is 19.7 Å². The first kappa shape index (κ1) is 15.7. The predicted octanol–water partition coefficient (Wildman–Crippen LogP) is 1.65. The molecule has 0 saturated carbocycles. The summed E-state index contributed by atoms with van der Waals surface area (Å²) in [5, 5.41) is 0.194. The van der Waals surface area contributed by atoms with Crippen molar-refractivity contribution in [2.45, 2.75) is 36.8 Å². The molecular formula is C13H19ClN2O3S. The third-order valence-electron chi connectivity index (χ3n) is 3.30. The van der Waals surface area contributed by atoms with Crippen LogP contribution >= 0.6 is 11.6 Å². The van der Waals surface area contributed by atoms with Crippen LogP contribution in [0.2, 0.25) is 5.02 Å². The first-order chi connectivity index (χ1) is 9.53. The maximum Gasteiger partial charge on any atom is 0.242 e. The molecule has 0 bridgehead atoms. The number of benzene rings is 1. The van der Waals surface area contributed by atoms with Crippen molar-refractivity contribution in [2.24, 2.45) is 5.73 Å². The molecule has 0 spiro atoms. The number of hydrogen-bond acceptors (Lipinski definition) is 4. The second-order valence-corrected chi connectivity index (χ2v) is 6.95. The Morgan fingerprint density at radius 3 is 2.85 bits per heavy atom. The Morgan fingerprint density at radius 1 is 1.40 bits per heavy atom. The molecule has 1 fully saturated rings. The first-order valence-corrected chi connectivity index (χ1v) is 8.49. The molecular weight excluding hydrogens is 300 g/mol. The van der Waals surface area contributed by atoms with Gasteiger partial charge < -0.3 is 10.5 Å². The van der Waals surface area contributed by atoms with Crippen molar-refractivity contribution in [3.05, 3.63) is 28.8 Å². The summed E-state index contributed by atoms with van der Waals surface area (Å²) in [5.74, 6) is 0. The van der Waals surface area contributed by atoms with Crippen molar-refractivity contribution in [3.63, 3.8) is 0 Å². The summed E-state index contributed by atoms with van der Waals surface area (Å²) in [6, 6.07) is 4.77. The lowest BCUT2D eigenvalue weighted by atomic mass is 10.1. The lowest BCUT2D eigenvalue weighted by molar-refractivity contribution is 0.0200. The average molecular weight is 319 g/mol. The Kier molecular flexibility index (Phi) is 5.40. The predicted molar refractivity (Wildman–Crippen MR) is 78.1 cm³/mol. The molecule has 3 N–H and O–H groups in total. The van der Waals surface area contributed by atoms with Gasteiger partial charge in [-0.1, -0.05) is 17.7 Å². The minimum atomic E-state index is -3.64. The standard InChI is InChI=1S/C13H19ClN2O3S/c14-12-5-4-10(8-15)7-13(12)20(17,18)16-9-11-3-1-2-6-19-11/h4-5,7,11,16H,1-3,6,8-9,15H2. The Hall–Kier alpha value is -0.660. The van der Waals surface area contributed by atoms with E-state index in [1.54, 1.807) is 12.1 Å². The Morgan fingerprint density at radius 2 is 2.20 bits per heavy atom. The van der Waals surface area contributed by atoms with Crippen LogP contribution in [0.4, 0.5) is 0 Å². The highest BCUT2D eigenvalue weighted by Gasteiger charge is 2.21. The van der Waals surface area contributed by atoms with Crippen LogP contribution in [0.1, 0.15) is 24.8 Å². The number of ether oxygens (including phenoxy) is 1. The maximum absolute atomic E-state index is 12.3. The highest BCUT2D eigenvalue weighted by molar-refractivity contribution is 7.89. The molecule has 0 amide bonds. The van der Waals surface area contributed by atoms with Crippen molar-refractivity contribution in [3.8, 4) is 0 Å². The van der Waals surface area contributed by atoms with Crippen LogP contribution < -0.4 is 10.5 Å². The van der Waals surface area contributed by atoms with Gasteiger partial charge in [0.2, 0.25) is 10.0 Å². The van der Waals surface area contributed by atoms with E-state index in [0.717, 1.165) is 24.8 Å². The first-order valence-electron chi connectivity index (χ1n) is 6.62. The van der Waals surface area contributed by atoms with Gasteiger partial charge in [0.15, 0.2) is 0 Å². The Labute approximate surface area is 124 Å². The molecule has 1 aliphatic rings. The summed E-state index contributed by atoms with van der Waals surface area (Å²) in [4.78, 5) is 0.0675. The van der Waals surface area contributed by atoms with Gasteiger partial charge in [-0.15, -0.1) is 0 Å².